The average Bonchev–Trinajstić information content (AvgIpc) is 3.11. The van der Waals surface area contributed by atoms with Crippen LogP contribution in [0, 0.1) is 6.92 Å². The Labute approximate surface area is 195 Å². The molecule has 2 heterocycles. The van der Waals surface area contributed by atoms with Crippen LogP contribution >= 0.6 is 35.0 Å². The van der Waals surface area contributed by atoms with E-state index in [1.54, 1.807) is 16.8 Å². The van der Waals surface area contributed by atoms with E-state index in [9.17, 15) is 4.79 Å². The maximum Gasteiger partial charge on any atom is 0.255 e. The lowest BCUT2D eigenvalue weighted by Gasteiger charge is -2.29. The number of aromatic nitrogens is 3. The van der Waals surface area contributed by atoms with Gasteiger partial charge in [0.05, 0.1) is 5.57 Å². The second kappa shape index (κ2) is 8.94. The number of nitrogens with one attached hydrogen (secondary N) is 2. The van der Waals surface area contributed by atoms with Crippen molar-refractivity contribution in [3.05, 3.63) is 74.9 Å². The number of hydrogen-bond acceptors (Lipinski definition) is 5. The van der Waals surface area contributed by atoms with E-state index in [0.717, 1.165) is 22.6 Å². The molecule has 6 nitrogen and oxygen atoms in total. The predicted octanol–water partition coefficient (Wildman–Crippen LogP) is 5.93. The molecule has 0 unspecified atom stereocenters. The average molecular weight is 474 g/mol. The highest BCUT2D eigenvalue weighted by Gasteiger charge is 2.35. The third-order valence-electron chi connectivity index (χ3n) is 5.00. The topological polar surface area (TPSA) is 71.8 Å². The number of para-hydroxylation sites is 1. The van der Waals surface area contributed by atoms with Gasteiger partial charge in [0.15, 0.2) is 0 Å². The Morgan fingerprint density at radius 3 is 2.71 bits per heavy atom. The second-order valence-electron chi connectivity index (χ2n) is 7.10. The summed E-state index contributed by atoms with van der Waals surface area (Å²) in [5, 5.41) is 12.5. The van der Waals surface area contributed by atoms with Gasteiger partial charge in [0, 0.05) is 27.0 Å². The first kappa shape index (κ1) is 21.7. The van der Waals surface area contributed by atoms with Gasteiger partial charge < -0.3 is 10.6 Å². The fourth-order valence-corrected chi connectivity index (χ4v) is 4.60. The molecule has 31 heavy (non-hydrogen) atoms. The first-order valence-electron chi connectivity index (χ1n) is 9.78. The lowest BCUT2D eigenvalue weighted by Crippen LogP contribution is -2.31. The summed E-state index contributed by atoms with van der Waals surface area (Å²) in [7, 11) is 0. The van der Waals surface area contributed by atoms with Crippen molar-refractivity contribution < 1.29 is 4.79 Å². The lowest BCUT2D eigenvalue weighted by molar-refractivity contribution is -0.113. The zero-order valence-electron chi connectivity index (χ0n) is 17.2. The Morgan fingerprint density at radius 1 is 1.23 bits per heavy atom. The van der Waals surface area contributed by atoms with Crippen molar-refractivity contribution in [2.75, 3.05) is 16.4 Å². The number of rotatable bonds is 5. The van der Waals surface area contributed by atoms with Gasteiger partial charge >= 0.3 is 0 Å². The third-order valence-corrected chi connectivity index (χ3v) is 6.28. The van der Waals surface area contributed by atoms with Crippen molar-refractivity contribution in [1.29, 1.82) is 0 Å². The number of halogens is 2. The molecule has 9 heteroatoms. The largest absolute Gasteiger partial charge is 0.328 e. The van der Waals surface area contributed by atoms with Crippen LogP contribution in [0.4, 0.5) is 11.6 Å². The van der Waals surface area contributed by atoms with Gasteiger partial charge in [0.25, 0.3) is 5.91 Å². The first-order valence-corrected chi connectivity index (χ1v) is 11.5. The number of anilines is 2. The fourth-order valence-electron chi connectivity index (χ4n) is 3.53. The lowest BCUT2D eigenvalue weighted by atomic mass is 9.95. The molecule has 0 bridgehead atoms. The Balaban J connectivity index is 1.82. The molecule has 2 aromatic carbocycles. The molecule has 0 aliphatic carbocycles. The summed E-state index contributed by atoms with van der Waals surface area (Å²) in [4.78, 5) is 18.1. The smallest absolute Gasteiger partial charge is 0.255 e. The molecule has 1 aromatic heterocycles. The van der Waals surface area contributed by atoms with Crippen molar-refractivity contribution >= 4 is 52.5 Å². The van der Waals surface area contributed by atoms with Crippen LogP contribution in [0.15, 0.2) is 58.9 Å². The number of nitrogens with zero attached hydrogens (tertiary/aromatic N) is 3. The zero-order chi connectivity index (χ0) is 22.1. The molecular weight excluding hydrogens is 453 g/mol. The van der Waals surface area contributed by atoms with E-state index in [0.29, 0.717) is 32.4 Å². The van der Waals surface area contributed by atoms with E-state index in [1.165, 1.54) is 11.8 Å². The van der Waals surface area contributed by atoms with E-state index in [4.69, 9.17) is 23.2 Å². The molecule has 1 aliphatic rings. The maximum atomic E-state index is 13.5. The van der Waals surface area contributed by atoms with Gasteiger partial charge in [-0.1, -0.05) is 66.2 Å². The van der Waals surface area contributed by atoms with Crippen LogP contribution < -0.4 is 10.6 Å². The van der Waals surface area contributed by atoms with Crippen LogP contribution in [0.25, 0.3) is 0 Å². The Bertz CT molecular complexity index is 1190. The number of allylic oxidation sites excluding steroid dienone is 1. The van der Waals surface area contributed by atoms with E-state index >= 15 is 0 Å². The number of carbonyl (C=O) groups excluding carboxylic acids is 1. The number of thioether (sulfide) groups is 1. The van der Waals surface area contributed by atoms with Gasteiger partial charge in [-0.25, -0.2) is 4.68 Å². The highest BCUT2D eigenvalue weighted by molar-refractivity contribution is 7.99. The summed E-state index contributed by atoms with van der Waals surface area (Å²) in [5.41, 5.74) is 3.65. The molecular formula is C22H21Cl2N5OS. The van der Waals surface area contributed by atoms with Crippen LogP contribution in [-0.4, -0.2) is 26.4 Å². The zero-order valence-corrected chi connectivity index (χ0v) is 19.6. The van der Waals surface area contributed by atoms with Gasteiger partial charge in [-0.2, -0.15) is 4.98 Å². The minimum atomic E-state index is -0.552. The molecule has 0 radical (unpaired) electrons. The van der Waals surface area contributed by atoms with Crippen LogP contribution in [0.2, 0.25) is 10.0 Å². The summed E-state index contributed by atoms with van der Waals surface area (Å²) in [6.45, 7) is 5.85. The SMILES string of the molecule is CCSc1nc2n(n1)[C@H](c1ccc(Cl)cc1Cl)C(C(=O)Nc1ccccc1C)=C(C)N2. The predicted molar refractivity (Wildman–Crippen MR) is 127 cm³/mol. The Hall–Kier alpha value is -2.48. The summed E-state index contributed by atoms with van der Waals surface area (Å²) in [6, 6.07) is 12.4. The summed E-state index contributed by atoms with van der Waals surface area (Å²) in [5.74, 6) is 1.17. The molecule has 4 rings (SSSR count). The molecule has 3 aromatic rings. The molecule has 1 aliphatic heterocycles. The van der Waals surface area contributed by atoms with Gasteiger partial charge in [-0.15, -0.1) is 5.10 Å². The molecule has 0 saturated carbocycles. The fraction of sp³-hybridized carbons (Fsp3) is 0.227. The number of carbonyl (C=O) groups is 1. The van der Waals surface area contributed by atoms with Crippen molar-refractivity contribution in [1.82, 2.24) is 14.8 Å². The van der Waals surface area contributed by atoms with Crippen molar-refractivity contribution in [2.45, 2.75) is 32.0 Å². The Kier molecular flexibility index (Phi) is 6.27. The molecule has 160 valence electrons. The number of hydrogen-bond donors (Lipinski definition) is 2. The van der Waals surface area contributed by atoms with E-state index < -0.39 is 6.04 Å². The highest BCUT2D eigenvalue weighted by Crippen LogP contribution is 2.40. The minimum absolute atomic E-state index is 0.235. The number of aryl methyl sites for hydroxylation is 1. The first-order chi connectivity index (χ1) is 14.9. The summed E-state index contributed by atoms with van der Waals surface area (Å²) < 4.78 is 1.72. The number of amides is 1. The van der Waals surface area contributed by atoms with E-state index in [2.05, 4.69) is 20.7 Å². The number of fused-ring (bicyclic) bond motifs is 1. The van der Waals surface area contributed by atoms with E-state index in [1.807, 2.05) is 51.1 Å². The van der Waals surface area contributed by atoms with Crippen molar-refractivity contribution in [3.63, 3.8) is 0 Å². The maximum absolute atomic E-state index is 13.5. The minimum Gasteiger partial charge on any atom is -0.328 e. The number of benzene rings is 2. The molecule has 0 fully saturated rings. The third kappa shape index (κ3) is 4.31. The summed E-state index contributed by atoms with van der Waals surface area (Å²) in [6.07, 6.45) is 0. The quantitative estimate of drug-likeness (QED) is 0.449. The van der Waals surface area contributed by atoms with Crippen LogP contribution in [-0.2, 0) is 4.79 Å². The van der Waals surface area contributed by atoms with Gasteiger partial charge in [0.2, 0.25) is 11.1 Å². The van der Waals surface area contributed by atoms with Crippen LogP contribution in [0.3, 0.4) is 0 Å². The van der Waals surface area contributed by atoms with Crippen LogP contribution in [0.5, 0.6) is 0 Å². The van der Waals surface area contributed by atoms with E-state index in [-0.39, 0.29) is 5.91 Å². The van der Waals surface area contributed by atoms with Crippen LogP contribution in [0.1, 0.15) is 31.0 Å². The van der Waals surface area contributed by atoms with Gasteiger partial charge in [-0.05, 0) is 43.4 Å². The highest BCUT2D eigenvalue weighted by atomic mass is 35.5. The summed E-state index contributed by atoms with van der Waals surface area (Å²) >= 11 is 14.2. The van der Waals surface area contributed by atoms with Gasteiger partial charge in [-0.3, -0.25) is 4.79 Å². The normalized spacial score (nSPS) is 15.5. The molecule has 2 N–H and O–H groups in total. The van der Waals surface area contributed by atoms with Gasteiger partial charge in [0.1, 0.15) is 6.04 Å². The molecule has 0 saturated heterocycles. The monoisotopic (exact) mass is 473 g/mol. The molecule has 0 spiro atoms. The van der Waals surface area contributed by atoms with Crippen molar-refractivity contribution in [3.8, 4) is 0 Å². The molecule has 1 atom stereocenters. The Morgan fingerprint density at radius 2 is 2.00 bits per heavy atom. The second-order valence-corrected chi connectivity index (χ2v) is 9.17. The molecule has 1 amide bonds. The standard InChI is InChI=1S/C22H21Cl2N5OS/c1-4-31-22-27-21-25-13(3)18(20(30)26-17-8-6-5-7-12(17)2)19(29(21)28-22)15-10-9-14(23)11-16(15)24/h5-11,19H,4H2,1-3H3,(H,26,30)(H,25,27,28)/t19-/m1/s1. The van der Waals surface area contributed by atoms with Crippen molar-refractivity contribution in [2.24, 2.45) is 0 Å².